The maximum absolute atomic E-state index is 12.7. The second-order valence-corrected chi connectivity index (χ2v) is 3.84. The first kappa shape index (κ1) is 11.5. The summed E-state index contributed by atoms with van der Waals surface area (Å²) < 4.78 is 12.7. The first-order chi connectivity index (χ1) is 7.09. The van der Waals surface area contributed by atoms with E-state index in [4.69, 9.17) is 5.73 Å². The first-order valence-corrected chi connectivity index (χ1v) is 5.11. The van der Waals surface area contributed by atoms with Gasteiger partial charge in [-0.05, 0) is 6.07 Å². The number of hydrogen-bond donors (Lipinski definition) is 1. The van der Waals surface area contributed by atoms with Crippen molar-refractivity contribution in [2.75, 3.05) is 11.5 Å². The zero-order chi connectivity index (χ0) is 11.3. The van der Waals surface area contributed by atoms with Crippen LogP contribution in [0.3, 0.4) is 0 Å². The summed E-state index contributed by atoms with van der Waals surface area (Å²) in [4.78, 5) is 14.0. The summed E-state index contributed by atoms with van der Waals surface area (Å²) in [5.41, 5.74) is 5.82. The van der Waals surface area contributed by atoms with Crippen LogP contribution in [-0.2, 0) is 4.79 Å². The summed E-state index contributed by atoms with van der Waals surface area (Å²) in [5.74, 6) is 5.20. The molecule has 0 aromatic carbocycles. The van der Waals surface area contributed by atoms with Gasteiger partial charge in [0.1, 0.15) is 0 Å². The Morgan fingerprint density at radius 2 is 2.47 bits per heavy atom. The van der Waals surface area contributed by atoms with Crippen molar-refractivity contribution >= 4 is 22.6 Å². The Hall–Kier alpha value is -1.54. The van der Waals surface area contributed by atoms with Gasteiger partial charge in [0, 0.05) is 18.7 Å². The van der Waals surface area contributed by atoms with Crippen molar-refractivity contribution in [2.24, 2.45) is 0 Å². The van der Waals surface area contributed by atoms with Gasteiger partial charge in [0.2, 0.25) is 5.95 Å². The van der Waals surface area contributed by atoms with Crippen LogP contribution in [0.5, 0.6) is 0 Å². The van der Waals surface area contributed by atoms with Crippen LogP contribution in [0.15, 0.2) is 12.3 Å². The van der Waals surface area contributed by atoms with E-state index in [-0.39, 0.29) is 10.8 Å². The quantitative estimate of drug-likeness (QED) is 0.579. The smallest absolute Gasteiger partial charge is 0.236 e. The standard InChI is InChI=1S/C10H9FN2OS/c1-7(14)15-4-2-3-8-5-9(12)10(11)13-6-8/h5-6H,4,12H2,1H3. The van der Waals surface area contributed by atoms with Gasteiger partial charge in [0.15, 0.2) is 5.12 Å². The fourth-order valence-electron chi connectivity index (χ4n) is 0.809. The number of nitrogens with two attached hydrogens (primary N) is 1. The van der Waals surface area contributed by atoms with E-state index in [9.17, 15) is 9.18 Å². The monoisotopic (exact) mass is 224 g/mol. The zero-order valence-corrected chi connectivity index (χ0v) is 8.90. The molecule has 2 N–H and O–H groups in total. The average molecular weight is 224 g/mol. The number of aromatic nitrogens is 1. The van der Waals surface area contributed by atoms with Gasteiger partial charge in [-0.2, -0.15) is 4.39 Å². The van der Waals surface area contributed by atoms with Crippen LogP contribution in [0.4, 0.5) is 10.1 Å². The van der Waals surface area contributed by atoms with E-state index >= 15 is 0 Å². The van der Waals surface area contributed by atoms with E-state index in [1.807, 2.05) is 0 Å². The van der Waals surface area contributed by atoms with Crippen LogP contribution in [0.1, 0.15) is 12.5 Å². The largest absolute Gasteiger partial charge is 0.395 e. The van der Waals surface area contributed by atoms with Crippen molar-refractivity contribution in [1.82, 2.24) is 4.98 Å². The van der Waals surface area contributed by atoms with Crippen molar-refractivity contribution in [2.45, 2.75) is 6.92 Å². The van der Waals surface area contributed by atoms with Gasteiger partial charge in [-0.25, -0.2) is 4.98 Å². The van der Waals surface area contributed by atoms with Crippen LogP contribution in [0, 0.1) is 17.8 Å². The molecular formula is C10H9FN2OS. The molecule has 3 nitrogen and oxygen atoms in total. The first-order valence-electron chi connectivity index (χ1n) is 4.13. The Balaban J connectivity index is 2.64. The number of rotatable bonds is 1. The molecule has 0 bridgehead atoms. The lowest BCUT2D eigenvalue weighted by Gasteiger charge is -1.94. The van der Waals surface area contributed by atoms with Gasteiger partial charge >= 0.3 is 0 Å². The third-order valence-corrected chi connectivity index (χ3v) is 2.14. The molecule has 78 valence electrons. The van der Waals surface area contributed by atoms with E-state index in [2.05, 4.69) is 16.8 Å². The van der Waals surface area contributed by atoms with Gasteiger partial charge in [-0.1, -0.05) is 23.6 Å². The summed E-state index contributed by atoms with van der Waals surface area (Å²) in [6.45, 7) is 1.48. The highest BCUT2D eigenvalue weighted by atomic mass is 32.2. The van der Waals surface area contributed by atoms with E-state index in [0.29, 0.717) is 11.3 Å². The van der Waals surface area contributed by atoms with Gasteiger partial charge in [-0.3, -0.25) is 4.79 Å². The lowest BCUT2D eigenvalue weighted by Crippen LogP contribution is -1.94. The second kappa shape index (κ2) is 5.37. The normalized spacial score (nSPS) is 9.20. The maximum Gasteiger partial charge on any atom is 0.236 e. The minimum absolute atomic E-state index is 0.0149. The molecule has 0 fully saturated rings. The van der Waals surface area contributed by atoms with Gasteiger partial charge < -0.3 is 5.73 Å². The third kappa shape index (κ3) is 4.00. The minimum atomic E-state index is -0.696. The van der Waals surface area contributed by atoms with E-state index in [1.165, 1.54) is 19.2 Å². The molecule has 0 atom stereocenters. The number of anilines is 1. The number of carbonyl (C=O) groups excluding carboxylic acids is 1. The molecule has 0 spiro atoms. The lowest BCUT2D eigenvalue weighted by molar-refractivity contribution is -0.109. The van der Waals surface area contributed by atoms with Crippen LogP contribution in [0.2, 0.25) is 0 Å². The van der Waals surface area contributed by atoms with E-state index in [1.54, 1.807) is 0 Å². The number of carbonyl (C=O) groups is 1. The Labute approximate surface area is 91.3 Å². The van der Waals surface area contributed by atoms with Crippen molar-refractivity contribution in [1.29, 1.82) is 0 Å². The Kier molecular flexibility index (Phi) is 4.13. The van der Waals surface area contributed by atoms with Crippen molar-refractivity contribution in [3.8, 4) is 11.8 Å². The molecule has 0 aliphatic heterocycles. The summed E-state index contributed by atoms with van der Waals surface area (Å²) in [6.07, 6.45) is 1.30. The number of halogens is 1. The predicted octanol–water partition coefficient (Wildman–Crippen LogP) is 1.43. The molecule has 5 heteroatoms. The maximum atomic E-state index is 12.7. The number of nitrogen functional groups attached to an aromatic ring is 1. The number of pyridine rings is 1. The molecule has 0 saturated heterocycles. The van der Waals surface area contributed by atoms with Crippen molar-refractivity contribution in [3.05, 3.63) is 23.8 Å². The lowest BCUT2D eigenvalue weighted by atomic mass is 10.3. The van der Waals surface area contributed by atoms with Gasteiger partial charge in [-0.15, -0.1) is 0 Å². The van der Waals surface area contributed by atoms with Crippen LogP contribution >= 0.6 is 11.8 Å². The van der Waals surface area contributed by atoms with Crippen molar-refractivity contribution in [3.63, 3.8) is 0 Å². The van der Waals surface area contributed by atoms with Crippen LogP contribution in [-0.4, -0.2) is 15.9 Å². The molecule has 1 rings (SSSR count). The van der Waals surface area contributed by atoms with E-state index in [0.717, 1.165) is 11.8 Å². The highest BCUT2D eigenvalue weighted by Gasteiger charge is 1.98. The topological polar surface area (TPSA) is 56.0 Å². The van der Waals surface area contributed by atoms with Crippen LogP contribution < -0.4 is 5.73 Å². The highest BCUT2D eigenvalue weighted by Crippen LogP contribution is 2.08. The van der Waals surface area contributed by atoms with E-state index < -0.39 is 5.95 Å². The molecule has 0 aliphatic carbocycles. The van der Waals surface area contributed by atoms with Crippen LogP contribution in [0.25, 0.3) is 0 Å². The van der Waals surface area contributed by atoms with Gasteiger partial charge in [0.25, 0.3) is 0 Å². The summed E-state index contributed by atoms with van der Waals surface area (Å²) in [6, 6.07) is 1.41. The predicted molar refractivity (Wildman–Crippen MR) is 58.6 cm³/mol. The molecule has 1 aromatic rings. The van der Waals surface area contributed by atoms with Crippen molar-refractivity contribution < 1.29 is 9.18 Å². The number of hydrogen-bond acceptors (Lipinski definition) is 4. The summed E-state index contributed by atoms with van der Waals surface area (Å²) in [5, 5.41) is 0.0149. The minimum Gasteiger partial charge on any atom is -0.395 e. The average Bonchev–Trinajstić information content (AvgIpc) is 2.18. The molecule has 0 unspecified atom stereocenters. The second-order valence-electron chi connectivity index (χ2n) is 2.69. The molecule has 0 radical (unpaired) electrons. The zero-order valence-electron chi connectivity index (χ0n) is 8.08. The SMILES string of the molecule is CC(=O)SCC#Cc1cnc(F)c(N)c1. The molecule has 1 heterocycles. The fraction of sp³-hybridized carbons (Fsp3) is 0.200. The highest BCUT2D eigenvalue weighted by molar-refractivity contribution is 8.13. The molecule has 0 saturated carbocycles. The summed E-state index contributed by atoms with van der Waals surface area (Å²) in [7, 11) is 0. The molecule has 0 amide bonds. The molecule has 1 aromatic heterocycles. The number of thioether (sulfide) groups is 1. The molecule has 15 heavy (non-hydrogen) atoms. The third-order valence-electron chi connectivity index (χ3n) is 1.45. The number of nitrogens with zero attached hydrogens (tertiary/aromatic N) is 1. The molecule has 0 aliphatic rings. The Morgan fingerprint density at radius 3 is 3.07 bits per heavy atom. The molecular weight excluding hydrogens is 215 g/mol. The Bertz CT molecular complexity index is 437. The fourth-order valence-corrected chi connectivity index (χ4v) is 1.16. The van der Waals surface area contributed by atoms with Gasteiger partial charge in [0.05, 0.1) is 11.4 Å². The summed E-state index contributed by atoms with van der Waals surface area (Å²) >= 11 is 1.12. The Morgan fingerprint density at radius 1 is 1.73 bits per heavy atom.